The van der Waals surface area contributed by atoms with Crippen LogP contribution in [0.3, 0.4) is 0 Å². The molecule has 1 N–H and O–H groups in total. The Morgan fingerprint density at radius 2 is 2.14 bits per heavy atom. The monoisotopic (exact) mass is 353 g/mol. The molecule has 2 aromatic rings. The summed E-state index contributed by atoms with van der Waals surface area (Å²) >= 11 is 3.34. The van der Waals surface area contributed by atoms with E-state index in [2.05, 4.69) is 15.9 Å². The quantitative estimate of drug-likeness (QED) is 0.836. The number of carbonyl (C=O) groups is 1. The number of hydrogen-bond donors (Lipinski definition) is 1. The van der Waals surface area contributed by atoms with Gasteiger partial charge in [0, 0.05) is 22.5 Å². The van der Waals surface area contributed by atoms with Crippen LogP contribution in [0, 0.1) is 0 Å². The molecule has 1 aromatic heterocycles. The third-order valence-electron chi connectivity index (χ3n) is 3.42. The zero-order valence-electron chi connectivity index (χ0n) is 11.8. The summed E-state index contributed by atoms with van der Waals surface area (Å²) in [5.74, 6) is -0.866. The molecule has 5 nitrogen and oxygen atoms in total. The Morgan fingerprint density at radius 1 is 1.43 bits per heavy atom. The highest BCUT2D eigenvalue weighted by Gasteiger charge is 2.21. The van der Waals surface area contributed by atoms with Gasteiger partial charge in [0.15, 0.2) is 0 Å². The number of aliphatic carboxylic acids is 1. The molecule has 0 saturated carbocycles. The van der Waals surface area contributed by atoms with Crippen molar-refractivity contribution in [3.8, 4) is 0 Å². The van der Waals surface area contributed by atoms with Crippen molar-refractivity contribution in [2.75, 3.05) is 7.05 Å². The smallest absolute Gasteiger partial charge is 0.336 e. The van der Waals surface area contributed by atoms with Crippen LogP contribution in [0.5, 0.6) is 0 Å². The van der Waals surface area contributed by atoms with Gasteiger partial charge in [-0.1, -0.05) is 22.9 Å². The molecule has 0 aliphatic rings. The maximum atomic E-state index is 11.7. The second-order valence-electron chi connectivity index (χ2n) is 4.91. The van der Waals surface area contributed by atoms with Gasteiger partial charge < -0.3 is 9.52 Å². The van der Waals surface area contributed by atoms with Crippen LogP contribution in [0.15, 0.2) is 37.9 Å². The summed E-state index contributed by atoms with van der Waals surface area (Å²) < 4.78 is 6.00. The lowest BCUT2D eigenvalue weighted by atomic mass is 10.1. The average Bonchev–Trinajstić information content (AvgIpc) is 2.37. The van der Waals surface area contributed by atoms with E-state index in [-0.39, 0.29) is 0 Å². The molecule has 2 rings (SSSR count). The van der Waals surface area contributed by atoms with E-state index in [1.165, 1.54) is 6.07 Å². The number of hydrogen-bond acceptors (Lipinski definition) is 4. The summed E-state index contributed by atoms with van der Waals surface area (Å²) in [6.45, 7) is 2.19. The van der Waals surface area contributed by atoms with Crippen LogP contribution < -0.4 is 5.63 Å². The Morgan fingerprint density at radius 3 is 2.76 bits per heavy atom. The standard InChI is InChI=1S/C15H16BrNO4/c1-3-12(15(19)20)17(2)8-9-6-14(18)21-13-7-10(16)4-5-11(9)13/h4-7,12H,3,8H2,1-2H3,(H,19,20). The number of rotatable bonds is 5. The molecule has 1 unspecified atom stereocenters. The summed E-state index contributed by atoms with van der Waals surface area (Å²) in [5, 5.41) is 10.0. The number of benzene rings is 1. The molecular formula is C15H16BrNO4. The molecule has 0 fully saturated rings. The predicted octanol–water partition coefficient (Wildman–Crippen LogP) is 2.85. The molecule has 0 amide bonds. The van der Waals surface area contributed by atoms with E-state index in [0.717, 1.165) is 15.4 Å². The minimum Gasteiger partial charge on any atom is -0.480 e. The van der Waals surface area contributed by atoms with Crippen molar-refractivity contribution in [1.29, 1.82) is 0 Å². The first-order valence-electron chi connectivity index (χ1n) is 6.57. The fourth-order valence-electron chi connectivity index (χ4n) is 2.39. The molecule has 1 aromatic carbocycles. The summed E-state index contributed by atoms with van der Waals surface area (Å²) in [4.78, 5) is 24.6. The van der Waals surface area contributed by atoms with Crippen molar-refractivity contribution in [3.63, 3.8) is 0 Å². The van der Waals surface area contributed by atoms with Crippen LogP contribution in [0.25, 0.3) is 11.0 Å². The molecule has 0 bridgehead atoms. The van der Waals surface area contributed by atoms with Crippen LogP contribution in [0.4, 0.5) is 0 Å². The van der Waals surface area contributed by atoms with E-state index in [1.807, 2.05) is 19.1 Å². The number of carboxylic acid groups (broad SMARTS) is 1. The number of likely N-dealkylation sites (N-methyl/N-ethyl adjacent to an activating group) is 1. The van der Waals surface area contributed by atoms with Crippen LogP contribution in [0.2, 0.25) is 0 Å². The Kier molecular flexibility index (Phi) is 4.80. The maximum Gasteiger partial charge on any atom is 0.336 e. The number of carboxylic acids is 1. The van der Waals surface area contributed by atoms with Crippen LogP contribution in [-0.2, 0) is 11.3 Å². The SMILES string of the molecule is CCC(C(=O)O)N(C)Cc1cc(=O)oc2cc(Br)ccc12. The van der Waals surface area contributed by atoms with Gasteiger partial charge in [-0.3, -0.25) is 9.69 Å². The van der Waals surface area contributed by atoms with E-state index in [9.17, 15) is 14.7 Å². The van der Waals surface area contributed by atoms with Gasteiger partial charge in [0.1, 0.15) is 11.6 Å². The molecule has 0 aliphatic heterocycles. The van der Waals surface area contributed by atoms with Gasteiger partial charge in [0.05, 0.1) is 0 Å². The fourth-order valence-corrected chi connectivity index (χ4v) is 2.73. The highest BCUT2D eigenvalue weighted by molar-refractivity contribution is 9.10. The van der Waals surface area contributed by atoms with Gasteiger partial charge in [-0.05, 0) is 37.2 Å². The van der Waals surface area contributed by atoms with Crippen molar-refractivity contribution < 1.29 is 14.3 Å². The van der Waals surface area contributed by atoms with Crippen molar-refractivity contribution in [3.05, 3.63) is 44.7 Å². The predicted molar refractivity (Wildman–Crippen MR) is 83.4 cm³/mol. The van der Waals surface area contributed by atoms with Crippen molar-refractivity contribution in [1.82, 2.24) is 4.90 Å². The molecule has 112 valence electrons. The molecule has 0 spiro atoms. The maximum absolute atomic E-state index is 11.7. The normalized spacial score (nSPS) is 12.8. The lowest BCUT2D eigenvalue weighted by Gasteiger charge is -2.23. The number of halogens is 1. The number of nitrogens with zero attached hydrogens (tertiary/aromatic N) is 1. The molecule has 1 atom stereocenters. The first-order chi connectivity index (χ1) is 9.92. The van der Waals surface area contributed by atoms with Gasteiger partial charge >= 0.3 is 11.6 Å². The zero-order chi connectivity index (χ0) is 15.6. The molecule has 0 aliphatic carbocycles. The summed E-state index contributed by atoms with van der Waals surface area (Å²) in [7, 11) is 1.74. The first-order valence-corrected chi connectivity index (χ1v) is 7.37. The number of fused-ring (bicyclic) bond motifs is 1. The third kappa shape index (κ3) is 3.51. The Labute approximate surface area is 130 Å². The molecule has 0 radical (unpaired) electrons. The average molecular weight is 354 g/mol. The highest BCUT2D eigenvalue weighted by atomic mass is 79.9. The minimum atomic E-state index is -0.866. The Hall–Kier alpha value is -1.66. The molecule has 1 heterocycles. The Balaban J connectivity index is 2.42. The molecule has 0 saturated heterocycles. The lowest BCUT2D eigenvalue weighted by molar-refractivity contribution is -0.143. The van der Waals surface area contributed by atoms with Crippen molar-refractivity contribution >= 4 is 32.9 Å². The van der Waals surface area contributed by atoms with E-state index in [4.69, 9.17) is 4.42 Å². The summed E-state index contributed by atoms with van der Waals surface area (Å²) in [6, 6.07) is 6.28. The molecule has 6 heteroatoms. The van der Waals surface area contributed by atoms with Gasteiger partial charge in [0.2, 0.25) is 0 Å². The second-order valence-corrected chi connectivity index (χ2v) is 5.82. The van der Waals surface area contributed by atoms with E-state index >= 15 is 0 Å². The Bertz CT molecular complexity index is 725. The van der Waals surface area contributed by atoms with Crippen LogP contribution in [0.1, 0.15) is 18.9 Å². The first kappa shape index (κ1) is 15.7. The largest absolute Gasteiger partial charge is 0.480 e. The van der Waals surface area contributed by atoms with Crippen molar-refractivity contribution in [2.45, 2.75) is 25.9 Å². The topological polar surface area (TPSA) is 70.8 Å². The fraction of sp³-hybridized carbons (Fsp3) is 0.333. The zero-order valence-corrected chi connectivity index (χ0v) is 13.4. The van der Waals surface area contributed by atoms with Crippen molar-refractivity contribution in [2.24, 2.45) is 0 Å². The van der Waals surface area contributed by atoms with Gasteiger partial charge in [-0.2, -0.15) is 0 Å². The van der Waals surface area contributed by atoms with E-state index in [0.29, 0.717) is 18.5 Å². The van der Waals surface area contributed by atoms with Gasteiger partial charge in [-0.15, -0.1) is 0 Å². The molecule has 21 heavy (non-hydrogen) atoms. The third-order valence-corrected chi connectivity index (χ3v) is 3.91. The van der Waals surface area contributed by atoms with Gasteiger partial charge in [-0.25, -0.2) is 4.79 Å². The van der Waals surface area contributed by atoms with E-state index in [1.54, 1.807) is 18.0 Å². The molecular weight excluding hydrogens is 338 g/mol. The lowest BCUT2D eigenvalue weighted by Crippen LogP contribution is -2.37. The highest BCUT2D eigenvalue weighted by Crippen LogP contribution is 2.23. The van der Waals surface area contributed by atoms with Crippen LogP contribution >= 0.6 is 15.9 Å². The second kappa shape index (κ2) is 6.41. The minimum absolute atomic E-state index is 0.370. The van der Waals surface area contributed by atoms with Crippen LogP contribution in [-0.4, -0.2) is 29.1 Å². The summed E-state index contributed by atoms with van der Waals surface area (Å²) in [6.07, 6.45) is 0.497. The van der Waals surface area contributed by atoms with Gasteiger partial charge in [0.25, 0.3) is 0 Å². The van der Waals surface area contributed by atoms with E-state index < -0.39 is 17.6 Å². The summed E-state index contributed by atoms with van der Waals surface area (Å²) in [5.41, 5.74) is 0.812.